The molecule has 0 spiro atoms. The second-order valence-corrected chi connectivity index (χ2v) is 13.1. The summed E-state index contributed by atoms with van der Waals surface area (Å²) in [7, 11) is 0. The minimum Gasteiger partial charge on any atom is -0.370 e. The highest BCUT2D eigenvalue weighted by Gasteiger charge is 2.31. The number of amides is 5. The van der Waals surface area contributed by atoms with Gasteiger partial charge in [0.1, 0.15) is 24.2 Å². The molecule has 54 heavy (non-hydrogen) atoms. The monoisotopic (exact) mass is 734 g/mol. The number of primary amides is 1. The zero-order chi connectivity index (χ0) is 38.6. The van der Waals surface area contributed by atoms with Gasteiger partial charge in [0.2, 0.25) is 29.5 Å². The molecule has 0 bridgehead atoms. The third-order valence-electron chi connectivity index (χ3n) is 9.05. The number of hydrogen-bond acceptors (Lipinski definition) is 6. The van der Waals surface area contributed by atoms with E-state index in [1.165, 1.54) is 6.92 Å². The lowest BCUT2D eigenvalue weighted by Gasteiger charge is -2.26. The summed E-state index contributed by atoms with van der Waals surface area (Å²) in [6.45, 7) is 1.49. The zero-order valence-corrected chi connectivity index (χ0v) is 29.9. The van der Waals surface area contributed by atoms with Gasteiger partial charge in [-0.25, -0.2) is 0 Å². The van der Waals surface area contributed by atoms with Crippen molar-refractivity contribution in [3.63, 3.8) is 0 Å². The van der Waals surface area contributed by atoms with Crippen LogP contribution in [-0.2, 0) is 43.2 Å². The number of benzene rings is 3. The van der Waals surface area contributed by atoms with E-state index in [2.05, 4.69) is 36.2 Å². The van der Waals surface area contributed by atoms with Crippen LogP contribution in [0.25, 0.3) is 21.8 Å². The van der Waals surface area contributed by atoms with Gasteiger partial charge < -0.3 is 48.4 Å². The third-order valence-corrected chi connectivity index (χ3v) is 9.05. The number of aromatic amines is 2. The van der Waals surface area contributed by atoms with Crippen molar-refractivity contribution < 1.29 is 24.0 Å². The summed E-state index contributed by atoms with van der Waals surface area (Å²) in [6.07, 6.45) is 4.25. The number of aromatic nitrogens is 2. The average Bonchev–Trinajstić information content (AvgIpc) is 3.75. The zero-order valence-electron chi connectivity index (χ0n) is 29.9. The van der Waals surface area contributed by atoms with Gasteiger partial charge in [-0.05, 0) is 41.7 Å². The number of aliphatic imine (C=N–C) groups is 1. The van der Waals surface area contributed by atoms with Gasteiger partial charge in [0, 0.05) is 66.9 Å². The first kappa shape index (κ1) is 38.6. The van der Waals surface area contributed by atoms with Crippen LogP contribution in [-0.4, -0.2) is 76.2 Å². The van der Waals surface area contributed by atoms with Gasteiger partial charge in [0.15, 0.2) is 5.96 Å². The number of H-pyrrole nitrogens is 2. The second-order valence-electron chi connectivity index (χ2n) is 13.1. The van der Waals surface area contributed by atoms with Crippen LogP contribution in [0.1, 0.15) is 36.5 Å². The van der Waals surface area contributed by atoms with Crippen LogP contribution in [0, 0.1) is 0 Å². The topological polar surface area (TPSA) is 255 Å². The number of nitrogens with zero attached hydrogens (tertiary/aromatic N) is 1. The van der Waals surface area contributed by atoms with Crippen LogP contribution >= 0.6 is 0 Å². The summed E-state index contributed by atoms with van der Waals surface area (Å²) < 4.78 is 0. The van der Waals surface area contributed by atoms with E-state index in [0.29, 0.717) is 6.42 Å². The molecule has 0 aliphatic rings. The Morgan fingerprint density at radius 2 is 1.09 bits per heavy atom. The first-order valence-corrected chi connectivity index (χ1v) is 17.6. The molecule has 0 aliphatic heterocycles. The highest BCUT2D eigenvalue weighted by molar-refractivity contribution is 5.96. The molecule has 0 aliphatic carbocycles. The minimum atomic E-state index is -1.16. The van der Waals surface area contributed by atoms with E-state index in [1.807, 2.05) is 66.7 Å². The first-order valence-electron chi connectivity index (χ1n) is 17.6. The fraction of sp³-hybridized carbons (Fsp3) is 0.282. The molecule has 4 atom stereocenters. The van der Waals surface area contributed by atoms with E-state index >= 15 is 0 Å². The summed E-state index contributed by atoms with van der Waals surface area (Å²) in [4.78, 5) is 77.1. The number of fused-ring (bicyclic) bond motifs is 2. The molecule has 15 nitrogen and oxygen atoms in total. The lowest BCUT2D eigenvalue weighted by atomic mass is 10.0. The number of nitrogens with one attached hydrogen (secondary N) is 6. The van der Waals surface area contributed by atoms with Crippen molar-refractivity contribution in [3.8, 4) is 0 Å². The lowest BCUT2D eigenvalue weighted by molar-refractivity contribution is -0.134. The van der Waals surface area contributed by atoms with Crippen molar-refractivity contribution in [2.75, 3.05) is 6.54 Å². The average molecular weight is 735 g/mol. The van der Waals surface area contributed by atoms with Gasteiger partial charge in [0.05, 0.1) is 0 Å². The fourth-order valence-electron chi connectivity index (χ4n) is 6.37. The van der Waals surface area contributed by atoms with E-state index in [1.54, 1.807) is 24.5 Å². The molecule has 2 heterocycles. The van der Waals surface area contributed by atoms with Gasteiger partial charge in [0.25, 0.3) is 0 Å². The predicted octanol–water partition coefficient (Wildman–Crippen LogP) is 1.18. The maximum absolute atomic E-state index is 14.1. The Hall–Kier alpha value is -6.64. The van der Waals surface area contributed by atoms with Crippen LogP contribution in [0.15, 0.2) is 96.2 Å². The van der Waals surface area contributed by atoms with E-state index < -0.39 is 53.7 Å². The Morgan fingerprint density at radius 1 is 0.611 bits per heavy atom. The highest BCUT2D eigenvalue weighted by atomic mass is 16.2. The lowest BCUT2D eigenvalue weighted by Crippen LogP contribution is -2.59. The fourth-order valence-corrected chi connectivity index (χ4v) is 6.37. The standard InChI is InChI=1S/C39H46N10O5/c1-23(50)46-34(20-26-22-45-30-15-8-6-13-28(26)30)38(54)49-33(18-24-10-3-2-4-11-24)37(53)47-31(16-9-17-43-39(41)42)36(52)48-32(35(40)51)19-25-21-44-29-14-7-5-12-27(25)29/h2-8,10-15,21-22,31-34,44-45H,9,16-20H2,1H3,(H2,40,51)(H,46,50)(H,47,53)(H,48,52)(H,49,54)(H4,41,42,43)/t31-,32-,33+,34-/m0/s1. The van der Waals surface area contributed by atoms with Crippen LogP contribution < -0.4 is 38.5 Å². The SMILES string of the molecule is CC(=O)N[C@@H](Cc1c[nH]c2ccccc12)C(=O)N[C@H](Cc1ccccc1)C(=O)N[C@@H](CCCN=C(N)N)C(=O)N[C@@H](Cc1c[nH]c2ccccc12)C(N)=O. The molecule has 0 saturated heterocycles. The Bertz CT molecular complexity index is 2120. The van der Waals surface area contributed by atoms with Gasteiger partial charge in [-0.2, -0.15) is 0 Å². The second kappa shape index (κ2) is 18.2. The summed E-state index contributed by atoms with van der Waals surface area (Å²) in [5, 5.41) is 12.8. The van der Waals surface area contributed by atoms with Gasteiger partial charge in [-0.15, -0.1) is 0 Å². The maximum Gasteiger partial charge on any atom is 0.243 e. The van der Waals surface area contributed by atoms with Crippen molar-refractivity contribution in [1.29, 1.82) is 0 Å². The number of carbonyl (C=O) groups excluding carboxylic acids is 5. The van der Waals surface area contributed by atoms with Crippen molar-refractivity contribution in [3.05, 3.63) is 108 Å². The van der Waals surface area contributed by atoms with Crippen LogP contribution in [0.3, 0.4) is 0 Å². The molecule has 0 radical (unpaired) electrons. The molecule has 12 N–H and O–H groups in total. The Labute approximate surface area is 311 Å². The molecule has 282 valence electrons. The maximum atomic E-state index is 14.1. The first-order chi connectivity index (χ1) is 26.0. The van der Waals surface area contributed by atoms with E-state index in [0.717, 1.165) is 38.5 Å². The molecule has 15 heteroatoms. The van der Waals surface area contributed by atoms with Gasteiger partial charge >= 0.3 is 0 Å². The van der Waals surface area contributed by atoms with Crippen LogP contribution in [0.4, 0.5) is 0 Å². The number of carbonyl (C=O) groups is 5. The molecule has 0 fully saturated rings. The van der Waals surface area contributed by atoms with Gasteiger partial charge in [-0.1, -0.05) is 66.7 Å². The van der Waals surface area contributed by atoms with Crippen molar-refractivity contribution in [2.24, 2.45) is 22.2 Å². The van der Waals surface area contributed by atoms with Gasteiger partial charge in [-0.3, -0.25) is 29.0 Å². The Kier molecular flexibility index (Phi) is 13.0. The summed E-state index contributed by atoms with van der Waals surface area (Å²) in [6, 6.07) is 19.7. The number of hydrogen-bond donors (Lipinski definition) is 9. The Morgan fingerprint density at radius 3 is 1.65 bits per heavy atom. The Balaban J connectivity index is 1.37. The van der Waals surface area contributed by atoms with E-state index in [9.17, 15) is 24.0 Å². The summed E-state index contributed by atoms with van der Waals surface area (Å²) >= 11 is 0. The van der Waals surface area contributed by atoms with E-state index in [4.69, 9.17) is 17.2 Å². The molecule has 5 rings (SSSR count). The van der Waals surface area contributed by atoms with Crippen LogP contribution in [0.2, 0.25) is 0 Å². The molecule has 5 aromatic rings. The largest absolute Gasteiger partial charge is 0.370 e. The predicted molar refractivity (Wildman–Crippen MR) is 207 cm³/mol. The molecule has 0 saturated carbocycles. The third kappa shape index (κ3) is 10.5. The number of nitrogens with two attached hydrogens (primary N) is 3. The van der Waals surface area contributed by atoms with Crippen molar-refractivity contribution in [2.45, 2.75) is 63.2 Å². The molecule has 0 unspecified atom stereocenters. The summed E-state index contributed by atoms with van der Waals surface area (Å²) in [5.41, 5.74) is 20.8. The molecule has 5 amide bonds. The van der Waals surface area contributed by atoms with Crippen molar-refractivity contribution in [1.82, 2.24) is 31.2 Å². The molecular weight excluding hydrogens is 688 g/mol. The number of rotatable bonds is 18. The quantitative estimate of drug-likeness (QED) is 0.0361. The van der Waals surface area contributed by atoms with E-state index in [-0.39, 0.29) is 38.2 Å². The molecule has 2 aromatic heterocycles. The smallest absolute Gasteiger partial charge is 0.243 e. The number of para-hydroxylation sites is 2. The highest BCUT2D eigenvalue weighted by Crippen LogP contribution is 2.21. The summed E-state index contributed by atoms with van der Waals surface area (Å²) in [5.74, 6) is -3.21. The molecular formula is C39H46N10O5. The van der Waals surface area contributed by atoms with Crippen LogP contribution in [0.5, 0.6) is 0 Å². The molecule has 3 aromatic carbocycles. The van der Waals surface area contributed by atoms with Crippen molar-refractivity contribution >= 4 is 57.3 Å². The normalized spacial score (nSPS) is 13.3. The number of guanidine groups is 1. The minimum absolute atomic E-state index is 0.0745.